The summed E-state index contributed by atoms with van der Waals surface area (Å²) in [6.07, 6.45) is 4.21. The summed E-state index contributed by atoms with van der Waals surface area (Å²) < 4.78 is 0. The highest BCUT2D eigenvalue weighted by molar-refractivity contribution is 7.21. The van der Waals surface area contributed by atoms with Crippen molar-refractivity contribution < 1.29 is 0 Å². The van der Waals surface area contributed by atoms with Gasteiger partial charge in [0.25, 0.3) is 0 Å². The Labute approximate surface area is 86.2 Å². The molecule has 0 unspecified atom stereocenters. The lowest BCUT2D eigenvalue weighted by Gasteiger charge is -1.86. The molecule has 0 radical (unpaired) electrons. The maximum Gasteiger partial charge on any atom is 0.0448 e. The Bertz CT molecular complexity index is 393. The second-order valence-electron chi connectivity index (χ2n) is 2.68. The van der Waals surface area contributed by atoms with Crippen LogP contribution in [0.25, 0.3) is 15.8 Å². The predicted molar refractivity (Wildman–Crippen MR) is 62.3 cm³/mol. The van der Waals surface area contributed by atoms with E-state index in [1.54, 1.807) is 11.3 Å². The number of hydrogen-bond acceptors (Lipinski definition) is 2. The predicted octanol–water partition coefficient (Wildman–Crippen LogP) is 4.51. The van der Waals surface area contributed by atoms with Gasteiger partial charge in [0.15, 0.2) is 0 Å². The molecule has 0 saturated heterocycles. The van der Waals surface area contributed by atoms with Crippen LogP contribution in [-0.2, 0) is 0 Å². The van der Waals surface area contributed by atoms with Gasteiger partial charge in [-0.2, -0.15) is 0 Å². The van der Waals surface area contributed by atoms with Crippen LogP contribution in [0.15, 0.2) is 35.7 Å². The van der Waals surface area contributed by atoms with Crippen LogP contribution in [0.5, 0.6) is 0 Å². The van der Waals surface area contributed by atoms with E-state index in [0.29, 0.717) is 0 Å². The summed E-state index contributed by atoms with van der Waals surface area (Å²) in [5.74, 6) is 0. The summed E-state index contributed by atoms with van der Waals surface area (Å²) in [5.41, 5.74) is 0. The van der Waals surface area contributed by atoms with Crippen molar-refractivity contribution in [2.75, 3.05) is 0 Å². The Kier molecular flexibility index (Phi) is 2.62. The van der Waals surface area contributed by atoms with Crippen molar-refractivity contribution in [3.8, 4) is 9.75 Å². The third kappa shape index (κ3) is 1.90. The SMILES string of the molecule is C/C=C/c1ccc(-c2cccs2)s1. The Hall–Kier alpha value is -0.860. The first-order valence-corrected chi connectivity index (χ1v) is 5.86. The molecule has 0 aliphatic carbocycles. The number of thiophene rings is 2. The second-order valence-corrected chi connectivity index (χ2v) is 4.74. The Balaban J connectivity index is 2.33. The smallest absolute Gasteiger partial charge is 0.0448 e. The fraction of sp³-hybridized carbons (Fsp3) is 0.0909. The summed E-state index contributed by atoms with van der Waals surface area (Å²) in [6.45, 7) is 2.05. The number of rotatable bonds is 2. The Morgan fingerprint density at radius 3 is 2.77 bits per heavy atom. The van der Waals surface area contributed by atoms with Crippen LogP contribution in [0, 0.1) is 0 Å². The van der Waals surface area contributed by atoms with E-state index in [2.05, 4.69) is 41.8 Å². The van der Waals surface area contributed by atoms with Crippen LogP contribution in [0.4, 0.5) is 0 Å². The molecule has 0 N–H and O–H groups in total. The van der Waals surface area contributed by atoms with Crippen molar-refractivity contribution in [3.05, 3.63) is 40.6 Å². The molecule has 0 aliphatic heterocycles. The molecule has 2 aromatic heterocycles. The van der Waals surface area contributed by atoms with Gasteiger partial charge in [-0.25, -0.2) is 0 Å². The Morgan fingerprint density at radius 1 is 1.15 bits per heavy atom. The zero-order valence-electron chi connectivity index (χ0n) is 7.36. The van der Waals surface area contributed by atoms with Crippen molar-refractivity contribution in [1.29, 1.82) is 0 Å². The summed E-state index contributed by atoms with van der Waals surface area (Å²) in [5, 5.41) is 2.12. The van der Waals surface area contributed by atoms with E-state index >= 15 is 0 Å². The minimum Gasteiger partial charge on any atom is -0.143 e. The van der Waals surface area contributed by atoms with Crippen LogP contribution in [0.3, 0.4) is 0 Å². The van der Waals surface area contributed by atoms with Gasteiger partial charge in [-0.15, -0.1) is 22.7 Å². The molecule has 0 amide bonds. The maximum absolute atomic E-state index is 2.19. The van der Waals surface area contributed by atoms with Gasteiger partial charge >= 0.3 is 0 Å². The van der Waals surface area contributed by atoms with Gasteiger partial charge in [-0.1, -0.05) is 12.1 Å². The zero-order chi connectivity index (χ0) is 9.10. The van der Waals surface area contributed by atoms with Crippen molar-refractivity contribution in [2.45, 2.75) is 6.92 Å². The van der Waals surface area contributed by atoms with E-state index < -0.39 is 0 Å². The standard InChI is InChI=1S/C11H10S2/c1-2-4-9-6-7-11(13-9)10-5-3-8-12-10/h2-8H,1H3/b4-2+. The molecule has 2 rings (SSSR count). The van der Waals surface area contributed by atoms with Crippen LogP contribution >= 0.6 is 22.7 Å². The van der Waals surface area contributed by atoms with E-state index in [-0.39, 0.29) is 0 Å². The maximum atomic E-state index is 2.19. The first-order valence-electron chi connectivity index (χ1n) is 4.16. The highest BCUT2D eigenvalue weighted by atomic mass is 32.1. The van der Waals surface area contributed by atoms with Gasteiger partial charge in [0.05, 0.1) is 0 Å². The molecule has 0 aromatic carbocycles. The average Bonchev–Trinajstić information content (AvgIpc) is 2.70. The zero-order valence-corrected chi connectivity index (χ0v) is 8.99. The average molecular weight is 206 g/mol. The minimum atomic E-state index is 1.32. The number of allylic oxidation sites excluding steroid dienone is 1. The van der Waals surface area contributed by atoms with Gasteiger partial charge in [0.2, 0.25) is 0 Å². The molecule has 2 aromatic rings. The van der Waals surface area contributed by atoms with Crippen molar-refractivity contribution in [2.24, 2.45) is 0 Å². The lowest BCUT2D eigenvalue weighted by Crippen LogP contribution is -1.55. The molecule has 0 spiro atoms. The second kappa shape index (κ2) is 3.90. The summed E-state index contributed by atoms with van der Waals surface area (Å²) in [7, 11) is 0. The van der Waals surface area contributed by atoms with E-state index in [1.807, 2.05) is 18.3 Å². The van der Waals surface area contributed by atoms with Crippen LogP contribution in [0.1, 0.15) is 11.8 Å². The highest BCUT2D eigenvalue weighted by Gasteiger charge is 2.00. The van der Waals surface area contributed by atoms with Gasteiger partial charge in [0.1, 0.15) is 0 Å². The largest absolute Gasteiger partial charge is 0.143 e. The molecule has 0 saturated carbocycles. The van der Waals surface area contributed by atoms with Crippen LogP contribution in [0.2, 0.25) is 0 Å². The van der Waals surface area contributed by atoms with Gasteiger partial charge in [-0.05, 0) is 36.6 Å². The van der Waals surface area contributed by atoms with E-state index in [0.717, 1.165) is 0 Å². The van der Waals surface area contributed by atoms with Gasteiger partial charge in [-0.3, -0.25) is 0 Å². The summed E-state index contributed by atoms with van der Waals surface area (Å²) in [4.78, 5) is 4.05. The lowest BCUT2D eigenvalue weighted by molar-refractivity contribution is 1.78. The monoisotopic (exact) mass is 206 g/mol. The molecule has 13 heavy (non-hydrogen) atoms. The first-order chi connectivity index (χ1) is 6.40. The van der Waals surface area contributed by atoms with E-state index in [9.17, 15) is 0 Å². The molecule has 0 atom stereocenters. The summed E-state index contributed by atoms with van der Waals surface area (Å²) >= 11 is 3.63. The van der Waals surface area contributed by atoms with E-state index in [1.165, 1.54) is 14.6 Å². The highest BCUT2D eigenvalue weighted by Crippen LogP contribution is 2.31. The first kappa shape index (κ1) is 8.73. The quantitative estimate of drug-likeness (QED) is 0.678. The topological polar surface area (TPSA) is 0 Å². The van der Waals surface area contributed by atoms with Crippen LogP contribution in [-0.4, -0.2) is 0 Å². The molecule has 0 nitrogen and oxygen atoms in total. The van der Waals surface area contributed by atoms with Crippen molar-refractivity contribution >= 4 is 28.7 Å². The molecule has 0 aliphatic rings. The third-order valence-corrected chi connectivity index (χ3v) is 3.84. The molecular weight excluding hydrogens is 196 g/mol. The Morgan fingerprint density at radius 2 is 2.08 bits per heavy atom. The lowest BCUT2D eigenvalue weighted by atomic mass is 10.3. The molecular formula is C11H10S2. The number of hydrogen-bond donors (Lipinski definition) is 0. The molecule has 2 heterocycles. The van der Waals surface area contributed by atoms with Gasteiger partial charge < -0.3 is 0 Å². The fourth-order valence-corrected chi connectivity index (χ4v) is 2.97. The van der Waals surface area contributed by atoms with Gasteiger partial charge in [0, 0.05) is 14.6 Å². The molecule has 66 valence electrons. The normalized spacial score (nSPS) is 11.2. The molecule has 2 heteroatoms. The van der Waals surface area contributed by atoms with Crippen molar-refractivity contribution in [1.82, 2.24) is 0 Å². The molecule has 0 bridgehead atoms. The van der Waals surface area contributed by atoms with E-state index in [4.69, 9.17) is 0 Å². The molecule has 0 fully saturated rings. The van der Waals surface area contributed by atoms with Crippen LogP contribution < -0.4 is 0 Å². The van der Waals surface area contributed by atoms with Crippen molar-refractivity contribution in [3.63, 3.8) is 0 Å². The summed E-state index contributed by atoms with van der Waals surface area (Å²) in [6, 6.07) is 8.61. The fourth-order valence-electron chi connectivity index (χ4n) is 1.16. The third-order valence-electron chi connectivity index (χ3n) is 1.72. The minimum absolute atomic E-state index is 1.32.